The van der Waals surface area contributed by atoms with E-state index in [-0.39, 0.29) is 17.8 Å². The third kappa shape index (κ3) is 4.48. The molecular weight excluding hydrogens is 340 g/mol. The first-order valence-corrected chi connectivity index (χ1v) is 9.35. The molecular formula is C23H24O4. The van der Waals surface area contributed by atoms with Gasteiger partial charge >= 0.3 is 5.97 Å². The van der Waals surface area contributed by atoms with Crippen LogP contribution < -0.4 is 0 Å². The summed E-state index contributed by atoms with van der Waals surface area (Å²) < 4.78 is 11.4. The number of rotatable bonds is 5. The molecule has 0 spiro atoms. The van der Waals surface area contributed by atoms with E-state index in [1.165, 1.54) is 0 Å². The smallest absolute Gasteiger partial charge is 0.377 e. The van der Waals surface area contributed by atoms with Crippen molar-refractivity contribution in [2.75, 3.05) is 6.61 Å². The summed E-state index contributed by atoms with van der Waals surface area (Å²) in [7, 11) is 0. The molecule has 2 aliphatic carbocycles. The van der Waals surface area contributed by atoms with E-state index in [2.05, 4.69) is 38.0 Å². The number of carbonyl (C=O) groups is 2. The molecule has 4 nitrogen and oxygen atoms in total. The van der Waals surface area contributed by atoms with Gasteiger partial charge in [-0.3, -0.25) is 15.3 Å². The van der Waals surface area contributed by atoms with Crippen molar-refractivity contribution < 1.29 is 18.8 Å². The van der Waals surface area contributed by atoms with Crippen LogP contribution in [0, 0.1) is 36.7 Å². The molecule has 0 aromatic carbocycles. The van der Waals surface area contributed by atoms with Gasteiger partial charge in [0.15, 0.2) is 5.57 Å². The topological polar surface area (TPSA) is 54.7 Å². The number of ether oxygens (including phenoxy) is 1. The third-order valence-corrected chi connectivity index (χ3v) is 5.12. The minimum atomic E-state index is -0.439. The summed E-state index contributed by atoms with van der Waals surface area (Å²) in [5.74, 6) is 7.47. The Hall–Kier alpha value is -2.38. The highest BCUT2D eigenvalue weighted by atomic mass is 16.5. The van der Waals surface area contributed by atoms with Gasteiger partial charge in [0.2, 0.25) is 5.78 Å². The SMILES string of the molecule is C=C(C[CH2-])C(=O)[O+]=C1CC[C-]=C2C#CC(=C)[C+](CC[C@@H]3CC(=O)CCO3)[C@H]21. The van der Waals surface area contributed by atoms with Gasteiger partial charge in [0.25, 0.3) is 0 Å². The zero-order valence-corrected chi connectivity index (χ0v) is 15.6. The first kappa shape index (κ1) is 19.4. The Bertz CT molecular complexity index is 787. The van der Waals surface area contributed by atoms with Gasteiger partial charge in [0.05, 0.1) is 29.0 Å². The molecule has 140 valence electrons. The largest absolute Gasteiger partial charge is 0.605 e. The quantitative estimate of drug-likeness (QED) is 0.326. The molecule has 4 heteroatoms. The summed E-state index contributed by atoms with van der Waals surface area (Å²) in [6.45, 7) is 12.0. The van der Waals surface area contributed by atoms with Crippen molar-refractivity contribution in [3.8, 4) is 11.8 Å². The van der Waals surface area contributed by atoms with Gasteiger partial charge in [-0.1, -0.05) is 6.58 Å². The highest BCUT2D eigenvalue weighted by molar-refractivity contribution is 5.96. The maximum atomic E-state index is 12.2. The molecule has 0 bridgehead atoms. The molecule has 0 aromatic heterocycles. The first-order valence-electron chi connectivity index (χ1n) is 9.35. The first-order chi connectivity index (χ1) is 13.0. The van der Waals surface area contributed by atoms with Crippen LogP contribution in [0.2, 0.25) is 0 Å². The summed E-state index contributed by atoms with van der Waals surface area (Å²) in [6, 6.07) is 0. The molecule has 0 saturated carbocycles. The van der Waals surface area contributed by atoms with E-state index in [0.717, 1.165) is 23.5 Å². The van der Waals surface area contributed by atoms with Crippen LogP contribution in [0.4, 0.5) is 0 Å². The summed E-state index contributed by atoms with van der Waals surface area (Å²) in [5.41, 5.74) is 1.94. The molecule has 1 saturated heterocycles. The average molecular weight is 364 g/mol. The fourth-order valence-electron chi connectivity index (χ4n) is 3.56. The van der Waals surface area contributed by atoms with Crippen LogP contribution in [0.5, 0.6) is 0 Å². The Morgan fingerprint density at radius 3 is 2.96 bits per heavy atom. The molecule has 1 fully saturated rings. The van der Waals surface area contributed by atoms with Crippen molar-refractivity contribution in [1.29, 1.82) is 0 Å². The fourth-order valence-corrected chi connectivity index (χ4v) is 3.56. The number of fused-ring (bicyclic) bond motifs is 1. The van der Waals surface area contributed by atoms with Crippen LogP contribution in [0.15, 0.2) is 29.9 Å². The molecule has 0 unspecified atom stereocenters. The van der Waals surface area contributed by atoms with Crippen LogP contribution in [-0.2, 0) is 18.8 Å². The average Bonchev–Trinajstić information content (AvgIpc) is 2.67. The van der Waals surface area contributed by atoms with Crippen LogP contribution in [-0.4, -0.2) is 30.2 Å². The molecule has 1 aliphatic heterocycles. The zero-order valence-electron chi connectivity index (χ0n) is 15.6. The molecule has 0 radical (unpaired) electrons. The maximum absolute atomic E-state index is 12.2. The Morgan fingerprint density at radius 2 is 2.22 bits per heavy atom. The number of carbonyl (C=O) groups excluding carboxylic acids is 3. The summed E-state index contributed by atoms with van der Waals surface area (Å²) in [4.78, 5) is 23.9. The lowest BCUT2D eigenvalue weighted by atomic mass is 9.70. The van der Waals surface area contributed by atoms with Crippen LogP contribution in [0.3, 0.4) is 0 Å². The second kappa shape index (κ2) is 8.54. The number of allylic oxidation sites excluding steroid dienone is 3. The molecule has 1 heterocycles. The van der Waals surface area contributed by atoms with Crippen molar-refractivity contribution in [2.24, 2.45) is 5.92 Å². The maximum Gasteiger partial charge on any atom is 0.605 e. The van der Waals surface area contributed by atoms with Gasteiger partial charge in [-0.15, -0.1) is 18.4 Å². The molecule has 2 atom stereocenters. The molecule has 3 rings (SSSR count). The van der Waals surface area contributed by atoms with E-state index in [1.807, 2.05) is 0 Å². The van der Waals surface area contributed by atoms with Crippen molar-refractivity contribution in [3.63, 3.8) is 0 Å². The van der Waals surface area contributed by atoms with E-state index in [9.17, 15) is 9.59 Å². The lowest BCUT2D eigenvalue weighted by Gasteiger charge is -2.32. The van der Waals surface area contributed by atoms with Crippen LogP contribution in [0.25, 0.3) is 0 Å². The lowest BCUT2D eigenvalue weighted by molar-refractivity contribution is -0.376. The van der Waals surface area contributed by atoms with Crippen molar-refractivity contribution in [2.45, 2.75) is 51.0 Å². The van der Waals surface area contributed by atoms with E-state index in [4.69, 9.17) is 9.16 Å². The minimum absolute atomic E-state index is 0.0709. The molecule has 0 N–H and O–H groups in total. The Morgan fingerprint density at radius 1 is 1.41 bits per heavy atom. The summed E-state index contributed by atoms with van der Waals surface area (Å²) >= 11 is 0. The monoisotopic (exact) mass is 364 g/mol. The number of hydrogen-bond acceptors (Lipinski definition) is 3. The molecule has 0 aromatic rings. The van der Waals surface area contributed by atoms with Gasteiger partial charge in [0, 0.05) is 32.3 Å². The van der Waals surface area contributed by atoms with E-state index >= 15 is 0 Å². The summed E-state index contributed by atoms with van der Waals surface area (Å²) in [6.07, 6.45) is 7.20. The predicted molar refractivity (Wildman–Crippen MR) is 102 cm³/mol. The Kier molecular flexibility index (Phi) is 6.13. The zero-order chi connectivity index (χ0) is 19.4. The van der Waals surface area contributed by atoms with Gasteiger partial charge in [-0.25, -0.2) is 5.92 Å². The Labute approximate surface area is 161 Å². The normalized spacial score (nSPS) is 26.2. The lowest BCUT2D eigenvalue weighted by Crippen LogP contribution is -2.33. The number of Topliss-reactive ketones (excluding diaryl/α,β-unsaturated/α-hetero) is 1. The van der Waals surface area contributed by atoms with Gasteiger partial charge in [-0.05, 0) is 12.3 Å². The number of ketones is 2. The highest BCUT2D eigenvalue weighted by Gasteiger charge is 2.41. The molecule has 3 aliphatic rings. The number of hydrogen-bond donors (Lipinski definition) is 0. The van der Waals surface area contributed by atoms with Crippen molar-refractivity contribution in [1.82, 2.24) is 0 Å². The van der Waals surface area contributed by atoms with Crippen molar-refractivity contribution >= 4 is 17.5 Å². The van der Waals surface area contributed by atoms with Crippen LogP contribution in [0.1, 0.15) is 44.9 Å². The third-order valence-electron chi connectivity index (χ3n) is 5.12. The molecule has 27 heavy (non-hydrogen) atoms. The van der Waals surface area contributed by atoms with E-state index < -0.39 is 5.97 Å². The highest BCUT2D eigenvalue weighted by Crippen LogP contribution is 2.39. The van der Waals surface area contributed by atoms with Gasteiger partial charge < -0.3 is 11.7 Å². The minimum Gasteiger partial charge on any atom is -0.377 e. The van der Waals surface area contributed by atoms with Gasteiger partial charge in [0.1, 0.15) is 11.7 Å². The second-order valence-electron chi connectivity index (χ2n) is 7.01. The van der Waals surface area contributed by atoms with Crippen molar-refractivity contribution in [3.05, 3.63) is 48.8 Å². The van der Waals surface area contributed by atoms with Gasteiger partial charge in [-0.2, -0.15) is 0 Å². The summed E-state index contributed by atoms with van der Waals surface area (Å²) in [5, 5.41) is 0. The van der Waals surface area contributed by atoms with E-state index in [0.29, 0.717) is 56.5 Å². The fraction of sp³-hybridized carbons (Fsp3) is 0.435. The standard InChI is InChI=1S/C23H24O4/c1-4-15(2)23(25)27-21-7-5-6-17-9-8-16(3)20(22(17)21)11-10-19-14-18(24)12-13-26-19/h19,22H,1-5,7,10-14H2/t19-,22+/m1/s1. The predicted octanol–water partition coefficient (Wildman–Crippen LogP) is 3.21. The van der Waals surface area contributed by atoms with E-state index in [1.54, 1.807) is 0 Å². The Balaban J connectivity index is 1.79. The van der Waals surface area contributed by atoms with Crippen LogP contribution >= 0.6 is 0 Å². The molecule has 0 amide bonds. The second-order valence-corrected chi connectivity index (χ2v) is 7.01.